The number of fused-ring (bicyclic) bond motifs is 1. The highest BCUT2D eigenvalue weighted by Crippen LogP contribution is 2.46. The van der Waals surface area contributed by atoms with Gasteiger partial charge in [0, 0.05) is 17.7 Å². The summed E-state index contributed by atoms with van der Waals surface area (Å²) in [6.45, 7) is 0.321. The lowest BCUT2D eigenvalue weighted by molar-refractivity contribution is 0.327. The largest absolute Gasteiger partial charge is 0.497 e. The number of aromatic nitrogens is 1. The summed E-state index contributed by atoms with van der Waals surface area (Å²) in [5.74, 6) is 1.64. The maximum atomic E-state index is 13.6. The van der Waals surface area contributed by atoms with Gasteiger partial charge in [-0.3, -0.25) is 4.79 Å². The number of hydrogen-bond donors (Lipinski definition) is 0. The minimum Gasteiger partial charge on any atom is -0.497 e. The minimum atomic E-state index is -0.359. The fraction of sp³-hybridized carbons (Fsp3) is 0.192. The quantitative estimate of drug-likeness (QED) is 0.402. The molecule has 0 atom stereocenters. The summed E-state index contributed by atoms with van der Waals surface area (Å²) in [7, 11) is 6.19. The van der Waals surface area contributed by atoms with E-state index in [-0.39, 0.29) is 11.4 Å². The van der Waals surface area contributed by atoms with Crippen molar-refractivity contribution >= 4 is 10.9 Å². The Morgan fingerprint density at radius 1 is 0.788 bits per heavy atom. The molecule has 0 aliphatic carbocycles. The van der Waals surface area contributed by atoms with Crippen LogP contribution >= 0.6 is 0 Å². The van der Waals surface area contributed by atoms with Crippen LogP contribution < -0.4 is 24.5 Å². The van der Waals surface area contributed by atoms with Crippen LogP contribution in [0.1, 0.15) is 5.56 Å². The van der Waals surface area contributed by atoms with E-state index < -0.39 is 0 Å². The molecule has 0 aliphatic heterocycles. The van der Waals surface area contributed by atoms with Crippen molar-refractivity contribution in [2.75, 3.05) is 28.4 Å². The van der Waals surface area contributed by atoms with Crippen LogP contribution in [0.15, 0.2) is 65.5 Å². The fourth-order valence-electron chi connectivity index (χ4n) is 3.94. The molecule has 4 aromatic rings. The third kappa shape index (κ3) is 4.09. The van der Waals surface area contributed by atoms with E-state index in [0.717, 1.165) is 11.3 Å². The Kier molecular flexibility index (Phi) is 6.22. The van der Waals surface area contributed by atoms with E-state index in [1.165, 1.54) is 39.5 Å². The van der Waals surface area contributed by atoms with Crippen LogP contribution in [0, 0.1) is 5.82 Å². The first kappa shape index (κ1) is 22.2. The van der Waals surface area contributed by atoms with E-state index in [1.807, 2.05) is 24.3 Å². The molecule has 0 aliphatic rings. The zero-order chi connectivity index (χ0) is 23.5. The highest BCUT2D eigenvalue weighted by molar-refractivity contribution is 6.02. The summed E-state index contributed by atoms with van der Waals surface area (Å²) in [5.41, 5.74) is 2.60. The van der Waals surface area contributed by atoms with Gasteiger partial charge in [0.15, 0.2) is 11.5 Å². The average molecular weight is 449 g/mol. The highest BCUT2D eigenvalue weighted by Gasteiger charge is 2.22. The molecule has 1 aromatic heterocycles. The van der Waals surface area contributed by atoms with E-state index in [0.29, 0.717) is 45.8 Å². The molecule has 6 nitrogen and oxygen atoms in total. The van der Waals surface area contributed by atoms with Crippen molar-refractivity contribution in [1.82, 2.24) is 4.57 Å². The Morgan fingerprint density at radius 2 is 1.45 bits per heavy atom. The Balaban J connectivity index is 2.04. The molecule has 0 radical (unpaired) electrons. The van der Waals surface area contributed by atoms with E-state index in [2.05, 4.69) is 0 Å². The first-order valence-electron chi connectivity index (χ1n) is 10.3. The van der Waals surface area contributed by atoms with Crippen molar-refractivity contribution in [3.05, 3.63) is 82.4 Å². The van der Waals surface area contributed by atoms with Gasteiger partial charge in [-0.2, -0.15) is 0 Å². The van der Waals surface area contributed by atoms with Gasteiger partial charge >= 0.3 is 0 Å². The number of pyridine rings is 1. The van der Waals surface area contributed by atoms with Gasteiger partial charge in [-0.25, -0.2) is 4.39 Å². The fourth-order valence-corrected chi connectivity index (χ4v) is 3.94. The van der Waals surface area contributed by atoms with Gasteiger partial charge in [-0.1, -0.05) is 24.3 Å². The topological polar surface area (TPSA) is 58.9 Å². The monoisotopic (exact) mass is 449 g/mol. The Bertz CT molecular complexity index is 1340. The first-order valence-corrected chi connectivity index (χ1v) is 10.3. The van der Waals surface area contributed by atoms with E-state index in [1.54, 1.807) is 29.9 Å². The van der Waals surface area contributed by atoms with Crippen molar-refractivity contribution in [3.8, 4) is 34.1 Å². The second-order valence-corrected chi connectivity index (χ2v) is 7.38. The summed E-state index contributed by atoms with van der Waals surface area (Å²) in [5, 5.41) is 0.662. The predicted molar refractivity (Wildman–Crippen MR) is 125 cm³/mol. The maximum Gasteiger partial charge on any atom is 0.251 e. The third-order valence-corrected chi connectivity index (χ3v) is 5.56. The van der Waals surface area contributed by atoms with Gasteiger partial charge in [0.2, 0.25) is 5.75 Å². The van der Waals surface area contributed by atoms with Crippen LogP contribution in [0.5, 0.6) is 23.0 Å². The van der Waals surface area contributed by atoms with E-state index in [4.69, 9.17) is 18.9 Å². The lowest BCUT2D eigenvalue weighted by atomic mass is 9.99. The molecule has 0 N–H and O–H groups in total. The number of rotatable bonds is 7. The van der Waals surface area contributed by atoms with E-state index >= 15 is 0 Å². The molecule has 3 aromatic carbocycles. The van der Waals surface area contributed by atoms with Crippen molar-refractivity contribution in [1.29, 1.82) is 0 Å². The van der Waals surface area contributed by atoms with Crippen molar-refractivity contribution in [2.45, 2.75) is 6.54 Å². The molecular weight excluding hydrogens is 425 g/mol. The van der Waals surface area contributed by atoms with Crippen LogP contribution in [-0.4, -0.2) is 33.0 Å². The Labute approximate surface area is 190 Å². The molecule has 0 bridgehead atoms. The predicted octanol–water partition coefficient (Wildman–Crippen LogP) is 4.89. The molecule has 4 rings (SSSR count). The SMILES string of the molecule is COc1ccc(Cn2c(=O)cc(-c3ccc(F)cc3)c3c(OC)c(OC)c(OC)cc32)cc1. The smallest absolute Gasteiger partial charge is 0.251 e. The molecule has 0 saturated heterocycles. The lowest BCUT2D eigenvalue weighted by Gasteiger charge is -2.20. The molecule has 0 saturated carbocycles. The summed E-state index contributed by atoms with van der Waals surface area (Å²) >= 11 is 0. The Morgan fingerprint density at radius 3 is 2.03 bits per heavy atom. The molecule has 170 valence electrons. The summed E-state index contributed by atoms with van der Waals surface area (Å²) in [4.78, 5) is 13.3. The molecule has 7 heteroatoms. The number of halogens is 1. The summed E-state index contributed by atoms with van der Waals surface area (Å²) in [6.07, 6.45) is 0. The standard InChI is InChI=1S/C26H24FNO5/c1-30-19-11-5-16(6-12-19)15-28-21-14-22(31-2)25(32-3)26(33-4)24(21)20(13-23(28)29)17-7-9-18(27)10-8-17/h5-14H,15H2,1-4H3. The van der Waals surface area contributed by atoms with Crippen LogP contribution in [-0.2, 0) is 6.54 Å². The third-order valence-electron chi connectivity index (χ3n) is 5.56. The molecule has 1 heterocycles. The van der Waals surface area contributed by atoms with Gasteiger partial charge in [0.25, 0.3) is 5.56 Å². The number of methoxy groups -OCH3 is 4. The van der Waals surface area contributed by atoms with Crippen LogP contribution in [0.25, 0.3) is 22.0 Å². The second kappa shape index (κ2) is 9.24. The molecule has 33 heavy (non-hydrogen) atoms. The lowest BCUT2D eigenvalue weighted by Crippen LogP contribution is -2.21. The first-order chi connectivity index (χ1) is 16.0. The molecule has 0 fully saturated rings. The second-order valence-electron chi connectivity index (χ2n) is 7.38. The number of benzene rings is 3. The molecule has 0 unspecified atom stereocenters. The minimum absolute atomic E-state index is 0.216. The number of hydrogen-bond acceptors (Lipinski definition) is 5. The average Bonchev–Trinajstić information content (AvgIpc) is 2.85. The highest BCUT2D eigenvalue weighted by atomic mass is 19.1. The summed E-state index contributed by atoms with van der Waals surface area (Å²) in [6, 6.07) is 16.8. The summed E-state index contributed by atoms with van der Waals surface area (Å²) < 4.78 is 37.3. The normalized spacial score (nSPS) is 10.8. The van der Waals surface area contributed by atoms with Crippen molar-refractivity contribution in [2.24, 2.45) is 0 Å². The van der Waals surface area contributed by atoms with Crippen LogP contribution in [0.2, 0.25) is 0 Å². The number of nitrogens with zero attached hydrogens (tertiary/aromatic N) is 1. The zero-order valence-electron chi connectivity index (χ0n) is 18.8. The van der Waals surface area contributed by atoms with Crippen molar-refractivity contribution < 1.29 is 23.3 Å². The van der Waals surface area contributed by atoms with Gasteiger partial charge in [-0.15, -0.1) is 0 Å². The Hall–Kier alpha value is -4.00. The van der Waals surface area contributed by atoms with Crippen molar-refractivity contribution in [3.63, 3.8) is 0 Å². The van der Waals surface area contributed by atoms with Gasteiger partial charge in [0.05, 0.1) is 45.9 Å². The number of ether oxygens (including phenoxy) is 4. The van der Waals surface area contributed by atoms with Gasteiger partial charge < -0.3 is 23.5 Å². The molecular formula is C26H24FNO5. The van der Waals surface area contributed by atoms with Crippen LogP contribution in [0.3, 0.4) is 0 Å². The molecule has 0 spiro atoms. The van der Waals surface area contributed by atoms with Gasteiger partial charge in [-0.05, 0) is 35.4 Å². The molecule has 0 amide bonds. The van der Waals surface area contributed by atoms with Gasteiger partial charge in [0.1, 0.15) is 11.6 Å². The van der Waals surface area contributed by atoms with Crippen LogP contribution in [0.4, 0.5) is 4.39 Å². The maximum absolute atomic E-state index is 13.6. The zero-order valence-corrected chi connectivity index (χ0v) is 18.8. The van der Waals surface area contributed by atoms with E-state index in [9.17, 15) is 9.18 Å².